The minimum atomic E-state index is -0.682. The van der Waals surface area contributed by atoms with E-state index < -0.39 is 6.10 Å². The summed E-state index contributed by atoms with van der Waals surface area (Å²) in [4.78, 5) is 13.2. The van der Waals surface area contributed by atoms with Crippen molar-refractivity contribution in [3.63, 3.8) is 0 Å². The number of hydrogen-bond donors (Lipinski definition) is 2. The maximum absolute atomic E-state index is 12.4. The van der Waals surface area contributed by atoms with E-state index in [0.29, 0.717) is 23.1 Å². The highest BCUT2D eigenvalue weighted by Crippen LogP contribution is 2.33. The Morgan fingerprint density at radius 2 is 1.88 bits per heavy atom. The summed E-state index contributed by atoms with van der Waals surface area (Å²) in [6, 6.07) is 10.9. The average Bonchev–Trinajstić information content (AvgIpc) is 3.25. The first-order valence-electron chi connectivity index (χ1n) is 11.5. The number of allylic oxidation sites excluding steroid dienone is 2. The monoisotopic (exact) mass is 493 g/mol. The number of nitrogens with one attached hydrogen (secondary N) is 1. The smallest absolute Gasteiger partial charge is 0.223 e. The van der Waals surface area contributed by atoms with Gasteiger partial charge in [0.1, 0.15) is 11.5 Å². The summed E-state index contributed by atoms with van der Waals surface area (Å²) in [5.74, 6) is 1.21. The summed E-state index contributed by atoms with van der Waals surface area (Å²) in [6.07, 6.45) is 7.11. The molecule has 0 aliphatic heterocycles. The molecule has 0 aliphatic rings. The van der Waals surface area contributed by atoms with E-state index in [4.69, 9.17) is 21.1 Å². The maximum Gasteiger partial charge on any atom is 0.223 e. The topological polar surface area (TPSA) is 67.8 Å². The van der Waals surface area contributed by atoms with Gasteiger partial charge in [-0.15, -0.1) is 11.3 Å². The molecule has 0 bridgehead atoms. The van der Waals surface area contributed by atoms with Crippen LogP contribution >= 0.6 is 22.9 Å². The number of carbonyl (C=O) groups is 1. The van der Waals surface area contributed by atoms with Gasteiger partial charge >= 0.3 is 0 Å². The van der Waals surface area contributed by atoms with E-state index in [0.717, 1.165) is 17.0 Å². The SMILES string of the molecule is CCCCCC(C)=CCC(CNC(=O)CCOc1ccc(OC)cc1)C(O)c1ccc(Cl)s1. The first-order chi connectivity index (χ1) is 15.9. The summed E-state index contributed by atoms with van der Waals surface area (Å²) in [6.45, 7) is 5.00. The first kappa shape index (κ1) is 27.2. The van der Waals surface area contributed by atoms with Gasteiger partial charge < -0.3 is 19.9 Å². The molecule has 5 nitrogen and oxygen atoms in total. The molecular weight excluding hydrogens is 458 g/mol. The number of hydrogen-bond acceptors (Lipinski definition) is 5. The molecule has 7 heteroatoms. The van der Waals surface area contributed by atoms with Crippen molar-refractivity contribution in [1.82, 2.24) is 5.32 Å². The molecule has 1 aromatic carbocycles. The molecule has 0 saturated heterocycles. The maximum atomic E-state index is 12.4. The Hall–Kier alpha value is -2.02. The Morgan fingerprint density at radius 1 is 1.15 bits per heavy atom. The van der Waals surface area contributed by atoms with E-state index in [2.05, 4.69) is 25.2 Å². The number of unbranched alkanes of at least 4 members (excludes halogenated alkanes) is 2. The van der Waals surface area contributed by atoms with Gasteiger partial charge in [0.15, 0.2) is 0 Å². The van der Waals surface area contributed by atoms with E-state index in [1.165, 1.54) is 36.2 Å². The molecule has 0 radical (unpaired) electrons. The van der Waals surface area contributed by atoms with Gasteiger partial charge in [-0.25, -0.2) is 0 Å². The highest BCUT2D eigenvalue weighted by atomic mass is 35.5. The van der Waals surface area contributed by atoms with Crippen molar-refractivity contribution >= 4 is 28.8 Å². The average molecular weight is 494 g/mol. The Morgan fingerprint density at radius 3 is 2.52 bits per heavy atom. The molecule has 1 heterocycles. The summed E-state index contributed by atoms with van der Waals surface area (Å²) in [5, 5.41) is 13.9. The van der Waals surface area contributed by atoms with Crippen LogP contribution in [-0.4, -0.2) is 31.3 Å². The molecule has 2 rings (SSSR count). The van der Waals surface area contributed by atoms with Crippen molar-refractivity contribution in [3.8, 4) is 11.5 Å². The third-order valence-corrected chi connectivity index (χ3v) is 6.80. The number of aliphatic hydroxyl groups is 1. The van der Waals surface area contributed by atoms with Gasteiger partial charge in [0.2, 0.25) is 5.91 Å². The van der Waals surface area contributed by atoms with Crippen LogP contribution in [0.4, 0.5) is 0 Å². The highest BCUT2D eigenvalue weighted by molar-refractivity contribution is 7.16. The lowest BCUT2D eigenvalue weighted by Crippen LogP contribution is -2.32. The van der Waals surface area contributed by atoms with Gasteiger partial charge in [0.05, 0.1) is 30.6 Å². The quantitative estimate of drug-likeness (QED) is 0.218. The van der Waals surface area contributed by atoms with E-state index >= 15 is 0 Å². The Bertz CT molecular complexity index is 865. The second-order valence-corrected chi connectivity index (χ2v) is 9.91. The normalized spacial score (nSPS) is 13.4. The van der Waals surface area contributed by atoms with Crippen molar-refractivity contribution in [2.24, 2.45) is 5.92 Å². The van der Waals surface area contributed by atoms with Gasteiger partial charge in [-0.05, 0) is 62.6 Å². The number of halogens is 1. The van der Waals surface area contributed by atoms with Crippen molar-refractivity contribution < 1.29 is 19.4 Å². The zero-order valence-electron chi connectivity index (χ0n) is 19.8. The summed E-state index contributed by atoms with van der Waals surface area (Å²) < 4.78 is 11.4. The fourth-order valence-electron chi connectivity index (χ4n) is 3.42. The Balaban J connectivity index is 1.87. The summed E-state index contributed by atoms with van der Waals surface area (Å²) in [7, 11) is 1.61. The van der Waals surface area contributed by atoms with Gasteiger partial charge in [0.25, 0.3) is 0 Å². The van der Waals surface area contributed by atoms with Gasteiger partial charge in [-0.3, -0.25) is 4.79 Å². The molecule has 33 heavy (non-hydrogen) atoms. The number of rotatable bonds is 15. The molecule has 0 fully saturated rings. The number of amides is 1. The summed E-state index contributed by atoms with van der Waals surface area (Å²) >= 11 is 7.44. The Kier molecular flexibility index (Phi) is 12.4. The Labute approximate surface area is 206 Å². The number of methoxy groups -OCH3 is 1. The second-order valence-electron chi connectivity index (χ2n) is 8.17. The van der Waals surface area contributed by atoms with Crippen LogP contribution in [0.5, 0.6) is 11.5 Å². The molecule has 0 spiro atoms. The second kappa shape index (κ2) is 15.0. The van der Waals surface area contributed by atoms with Gasteiger partial charge in [-0.1, -0.05) is 43.0 Å². The van der Waals surface area contributed by atoms with Gasteiger partial charge in [-0.2, -0.15) is 0 Å². The predicted octanol–water partition coefficient (Wildman–Crippen LogP) is 6.56. The summed E-state index contributed by atoms with van der Waals surface area (Å²) in [5.41, 5.74) is 1.32. The minimum Gasteiger partial charge on any atom is -0.497 e. The number of thiophene rings is 1. The number of ether oxygens (including phenoxy) is 2. The number of benzene rings is 1. The number of carbonyl (C=O) groups excluding carboxylic acids is 1. The van der Waals surface area contributed by atoms with E-state index in [1.54, 1.807) is 13.2 Å². The van der Waals surface area contributed by atoms with Crippen LogP contribution in [0.3, 0.4) is 0 Å². The zero-order chi connectivity index (χ0) is 24.1. The molecule has 2 atom stereocenters. The fourth-order valence-corrected chi connectivity index (χ4v) is 4.56. The van der Waals surface area contributed by atoms with Crippen LogP contribution in [0.15, 0.2) is 48.0 Å². The van der Waals surface area contributed by atoms with Crippen LogP contribution in [0.25, 0.3) is 0 Å². The third kappa shape index (κ3) is 10.2. The number of aliphatic hydroxyl groups excluding tert-OH is 1. The zero-order valence-corrected chi connectivity index (χ0v) is 21.4. The van der Waals surface area contributed by atoms with Crippen molar-refractivity contribution in [2.75, 3.05) is 20.3 Å². The molecule has 182 valence electrons. The predicted molar refractivity (Wildman–Crippen MR) is 136 cm³/mol. The lowest BCUT2D eigenvalue weighted by Gasteiger charge is -2.22. The molecule has 2 N–H and O–H groups in total. The molecule has 2 aromatic rings. The fraction of sp³-hybridized carbons (Fsp3) is 0.500. The van der Waals surface area contributed by atoms with E-state index in [9.17, 15) is 9.90 Å². The van der Waals surface area contributed by atoms with Gasteiger partial charge in [0, 0.05) is 17.3 Å². The van der Waals surface area contributed by atoms with Crippen LogP contribution in [0.1, 0.15) is 63.4 Å². The lowest BCUT2D eigenvalue weighted by atomic mass is 9.95. The molecule has 2 unspecified atom stereocenters. The van der Waals surface area contributed by atoms with Crippen LogP contribution < -0.4 is 14.8 Å². The van der Waals surface area contributed by atoms with Crippen LogP contribution in [0.2, 0.25) is 4.34 Å². The minimum absolute atomic E-state index is 0.103. The highest BCUT2D eigenvalue weighted by Gasteiger charge is 2.22. The standard InChI is InChI=1S/C26H36ClNO4S/c1-4-5-6-7-19(2)8-9-20(26(30)23-14-15-24(27)33-23)18-28-25(29)16-17-32-22-12-10-21(31-3)11-13-22/h8,10-15,20,26,30H,4-7,9,16-18H2,1-3H3,(H,28,29). The van der Waals surface area contributed by atoms with Crippen LogP contribution in [-0.2, 0) is 4.79 Å². The van der Waals surface area contributed by atoms with E-state index in [1.807, 2.05) is 30.3 Å². The molecule has 1 amide bonds. The molecule has 0 saturated carbocycles. The lowest BCUT2D eigenvalue weighted by molar-refractivity contribution is -0.121. The first-order valence-corrected chi connectivity index (χ1v) is 12.7. The van der Waals surface area contributed by atoms with Crippen LogP contribution in [0, 0.1) is 5.92 Å². The molecule has 1 aromatic heterocycles. The largest absolute Gasteiger partial charge is 0.497 e. The van der Waals surface area contributed by atoms with Crippen molar-refractivity contribution in [3.05, 3.63) is 57.3 Å². The van der Waals surface area contributed by atoms with Crippen molar-refractivity contribution in [1.29, 1.82) is 0 Å². The van der Waals surface area contributed by atoms with Crippen molar-refractivity contribution in [2.45, 2.75) is 58.5 Å². The molecule has 0 aliphatic carbocycles. The van der Waals surface area contributed by atoms with E-state index in [-0.39, 0.29) is 24.9 Å². The third-order valence-electron chi connectivity index (χ3n) is 5.49. The molecular formula is C26H36ClNO4S.